The molecule has 2 nitrogen and oxygen atoms in total. The zero-order valence-corrected chi connectivity index (χ0v) is 9.90. The molecule has 1 saturated carbocycles. The van der Waals surface area contributed by atoms with E-state index in [4.69, 9.17) is 0 Å². The topological polar surface area (TPSA) is 22.0 Å². The largest absolute Gasteiger partial charge is 0.306 e. The molecule has 0 spiro atoms. The second-order valence-electron chi connectivity index (χ2n) is 4.82. The Labute approximate surface area is 98.7 Å². The Hall–Kier alpha value is -1.64. The first-order valence-electron chi connectivity index (χ1n) is 5.85. The van der Waals surface area contributed by atoms with E-state index >= 15 is 0 Å². The van der Waals surface area contributed by atoms with Crippen molar-refractivity contribution in [2.24, 2.45) is 0 Å². The van der Waals surface area contributed by atoms with Crippen molar-refractivity contribution < 1.29 is 4.39 Å². The maximum Gasteiger partial charge on any atom is 0.259 e. The number of rotatable bonds is 1. The molecule has 1 aromatic heterocycles. The lowest BCUT2D eigenvalue weighted by Gasteiger charge is -2.11. The van der Waals surface area contributed by atoms with Gasteiger partial charge in [0.25, 0.3) is 5.56 Å². The van der Waals surface area contributed by atoms with Crippen LogP contribution >= 0.6 is 0 Å². The first-order chi connectivity index (χ1) is 8.09. The van der Waals surface area contributed by atoms with E-state index in [9.17, 15) is 9.18 Å². The van der Waals surface area contributed by atoms with Crippen molar-refractivity contribution in [3.05, 3.63) is 45.9 Å². The van der Waals surface area contributed by atoms with Gasteiger partial charge in [-0.1, -0.05) is 18.2 Å². The summed E-state index contributed by atoms with van der Waals surface area (Å²) in [6, 6.07) is 7.51. The lowest BCUT2D eigenvalue weighted by molar-refractivity contribution is 0.436. The number of fused-ring (bicyclic) bond motifs is 1. The second-order valence-corrected chi connectivity index (χ2v) is 4.82. The third-order valence-electron chi connectivity index (χ3n) is 3.49. The fourth-order valence-electron chi connectivity index (χ4n) is 2.51. The zero-order valence-electron chi connectivity index (χ0n) is 9.90. The molecule has 0 amide bonds. The molecule has 1 heterocycles. The van der Waals surface area contributed by atoms with Crippen LogP contribution in [0.5, 0.6) is 0 Å². The van der Waals surface area contributed by atoms with Crippen LogP contribution in [0.3, 0.4) is 0 Å². The van der Waals surface area contributed by atoms with Crippen LogP contribution in [0.25, 0.3) is 10.8 Å². The number of aromatic nitrogens is 1. The van der Waals surface area contributed by atoms with Gasteiger partial charge in [0.2, 0.25) is 0 Å². The Bertz CT molecular complexity index is 659. The van der Waals surface area contributed by atoms with E-state index in [1.807, 2.05) is 38.1 Å². The van der Waals surface area contributed by atoms with E-state index in [1.54, 1.807) is 4.57 Å². The maximum atomic E-state index is 13.2. The molecule has 88 valence electrons. The van der Waals surface area contributed by atoms with Crippen LogP contribution in [0, 0.1) is 13.8 Å². The summed E-state index contributed by atoms with van der Waals surface area (Å²) in [6.45, 7) is 3.79. The molecular weight excluding hydrogens is 217 g/mol. The SMILES string of the molecule is Cc1cccc2cc(C)n([C@@H]3C[C@@H]3F)c(=O)c12. The molecular formula is C14H14FNO. The van der Waals surface area contributed by atoms with Crippen molar-refractivity contribution in [2.75, 3.05) is 0 Å². The highest BCUT2D eigenvalue weighted by molar-refractivity contribution is 5.85. The summed E-state index contributed by atoms with van der Waals surface area (Å²) in [5, 5.41) is 1.66. The van der Waals surface area contributed by atoms with E-state index in [2.05, 4.69) is 0 Å². The van der Waals surface area contributed by atoms with Crippen LogP contribution < -0.4 is 5.56 Å². The fourth-order valence-corrected chi connectivity index (χ4v) is 2.51. The van der Waals surface area contributed by atoms with E-state index in [0.29, 0.717) is 6.42 Å². The van der Waals surface area contributed by atoms with E-state index in [-0.39, 0.29) is 11.6 Å². The van der Waals surface area contributed by atoms with Gasteiger partial charge in [-0.05, 0) is 30.9 Å². The first kappa shape index (κ1) is 10.5. The third-order valence-corrected chi connectivity index (χ3v) is 3.49. The van der Waals surface area contributed by atoms with Crippen molar-refractivity contribution in [3.8, 4) is 0 Å². The van der Waals surface area contributed by atoms with Gasteiger partial charge in [-0.3, -0.25) is 4.79 Å². The summed E-state index contributed by atoms with van der Waals surface area (Å²) in [6.07, 6.45) is -0.383. The standard InChI is InChI=1S/C14H14FNO/c1-8-4-3-5-10-6-9(2)16(12-7-11(12)15)14(17)13(8)10/h3-6,11-12H,7H2,1-2H3/t11-,12+/m0/s1. The Balaban J connectivity index is 2.38. The number of pyridine rings is 1. The maximum absolute atomic E-state index is 13.2. The van der Waals surface area contributed by atoms with Crippen LogP contribution in [-0.4, -0.2) is 10.7 Å². The van der Waals surface area contributed by atoms with Gasteiger partial charge in [0.15, 0.2) is 0 Å². The molecule has 3 rings (SSSR count). The van der Waals surface area contributed by atoms with Crippen LogP contribution in [0.1, 0.15) is 23.7 Å². The van der Waals surface area contributed by atoms with Crippen molar-refractivity contribution in [1.29, 1.82) is 0 Å². The summed E-state index contributed by atoms with van der Waals surface area (Å²) in [7, 11) is 0. The summed E-state index contributed by atoms with van der Waals surface area (Å²) in [4.78, 5) is 12.4. The average molecular weight is 231 g/mol. The molecule has 0 aliphatic heterocycles. The number of nitrogens with zero attached hydrogens (tertiary/aromatic N) is 1. The van der Waals surface area contributed by atoms with Crippen molar-refractivity contribution in [1.82, 2.24) is 4.57 Å². The predicted molar refractivity (Wildman–Crippen MR) is 66.2 cm³/mol. The lowest BCUT2D eigenvalue weighted by atomic mass is 10.1. The molecule has 0 radical (unpaired) electrons. The molecule has 3 heteroatoms. The Kier molecular flexibility index (Phi) is 2.12. The molecule has 17 heavy (non-hydrogen) atoms. The predicted octanol–water partition coefficient (Wildman–Crippen LogP) is 2.90. The fraction of sp³-hybridized carbons (Fsp3) is 0.357. The number of alkyl halides is 1. The number of hydrogen-bond donors (Lipinski definition) is 0. The minimum atomic E-state index is -0.854. The monoisotopic (exact) mass is 231 g/mol. The molecule has 0 bridgehead atoms. The number of hydrogen-bond acceptors (Lipinski definition) is 1. The van der Waals surface area contributed by atoms with E-state index < -0.39 is 6.17 Å². The first-order valence-corrected chi connectivity index (χ1v) is 5.85. The summed E-state index contributed by atoms with van der Waals surface area (Å²) >= 11 is 0. The number of benzene rings is 1. The van der Waals surface area contributed by atoms with Gasteiger partial charge >= 0.3 is 0 Å². The molecule has 2 atom stereocenters. The molecule has 1 aliphatic rings. The average Bonchev–Trinajstić information content (AvgIpc) is 2.94. The molecule has 1 fully saturated rings. The number of aryl methyl sites for hydroxylation is 2. The molecule has 1 aliphatic carbocycles. The number of halogens is 1. The van der Waals surface area contributed by atoms with Crippen molar-refractivity contribution in [3.63, 3.8) is 0 Å². The molecule has 0 saturated heterocycles. The van der Waals surface area contributed by atoms with Crippen LogP contribution in [-0.2, 0) is 0 Å². The van der Waals surface area contributed by atoms with Gasteiger partial charge < -0.3 is 4.57 Å². The quantitative estimate of drug-likeness (QED) is 0.739. The summed E-state index contributed by atoms with van der Waals surface area (Å²) < 4.78 is 14.8. The van der Waals surface area contributed by atoms with Gasteiger partial charge in [0, 0.05) is 12.1 Å². The minimum absolute atomic E-state index is 0.0525. The zero-order chi connectivity index (χ0) is 12.2. The van der Waals surface area contributed by atoms with Gasteiger partial charge in [0.1, 0.15) is 6.17 Å². The third kappa shape index (κ3) is 1.49. The highest BCUT2D eigenvalue weighted by Crippen LogP contribution is 2.39. The van der Waals surface area contributed by atoms with Gasteiger partial charge in [-0.25, -0.2) is 4.39 Å². The van der Waals surface area contributed by atoms with Crippen LogP contribution in [0.4, 0.5) is 4.39 Å². The second kappa shape index (κ2) is 3.42. The lowest BCUT2D eigenvalue weighted by Crippen LogP contribution is -2.22. The Morgan fingerprint density at radius 3 is 2.71 bits per heavy atom. The highest BCUT2D eigenvalue weighted by atomic mass is 19.1. The van der Waals surface area contributed by atoms with Crippen LogP contribution in [0.15, 0.2) is 29.1 Å². The summed E-state index contributed by atoms with van der Waals surface area (Å²) in [5.41, 5.74) is 1.75. The molecule has 1 aromatic carbocycles. The van der Waals surface area contributed by atoms with Gasteiger partial charge in [-0.2, -0.15) is 0 Å². The van der Waals surface area contributed by atoms with Gasteiger partial charge in [-0.15, -0.1) is 0 Å². The molecule has 0 unspecified atom stereocenters. The van der Waals surface area contributed by atoms with Crippen LogP contribution in [0.2, 0.25) is 0 Å². The molecule has 2 aromatic rings. The minimum Gasteiger partial charge on any atom is -0.306 e. The van der Waals surface area contributed by atoms with Crippen molar-refractivity contribution >= 4 is 10.8 Å². The van der Waals surface area contributed by atoms with E-state index in [1.165, 1.54) is 0 Å². The highest BCUT2D eigenvalue weighted by Gasteiger charge is 2.40. The van der Waals surface area contributed by atoms with Gasteiger partial charge in [0.05, 0.1) is 11.4 Å². The normalized spacial score (nSPS) is 23.0. The smallest absolute Gasteiger partial charge is 0.259 e. The van der Waals surface area contributed by atoms with Crippen molar-refractivity contribution in [2.45, 2.75) is 32.5 Å². The Morgan fingerprint density at radius 2 is 2.06 bits per heavy atom. The summed E-state index contributed by atoms with van der Waals surface area (Å²) in [5.74, 6) is 0. The molecule has 0 N–H and O–H groups in total. The van der Waals surface area contributed by atoms with E-state index in [0.717, 1.165) is 22.0 Å². The Morgan fingerprint density at radius 1 is 1.35 bits per heavy atom.